The molecule has 1 N–H and O–H groups in total. The summed E-state index contributed by atoms with van der Waals surface area (Å²) in [7, 11) is 3.99. The number of aromatic nitrogens is 2. The Morgan fingerprint density at radius 3 is 3.18 bits per heavy atom. The average molecular weight is 236 g/mol. The quantitative estimate of drug-likeness (QED) is 0.820. The molecule has 2 heterocycles. The SMILES string of the molecule is CNCc1cncnc1N(C)CC1CCCO1. The lowest BCUT2D eigenvalue weighted by Crippen LogP contribution is -2.30. The third-order valence-corrected chi connectivity index (χ3v) is 2.99. The van der Waals surface area contributed by atoms with E-state index in [0.717, 1.165) is 37.5 Å². The lowest BCUT2D eigenvalue weighted by molar-refractivity contribution is 0.116. The summed E-state index contributed by atoms with van der Waals surface area (Å²) in [6.07, 6.45) is 6.13. The smallest absolute Gasteiger partial charge is 0.136 e. The number of hydrogen-bond acceptors (Lipinski definition) is 5. The summed E-state index contributed by atoms with van der Waals surface area (Å²) in [6.45, 7) is 2.57. The Hall–Kier alpha value is -1.20. The van der Waals surface area contributed by atoms with Crippen molar-refractivity contribution in [2.45, 2.75) is 25.5 Å². The van der Waals surface area contributed by atoms with Gasteiger partial charge in [0, 0.05) is 38.5 Å². The number of hydrogen-bond donors (Lipinski definition) is 1. The molecule has 1 saturated heterocycles. The van der Waals surface area contributed by atoms with Crippen LogP contribution in [-0.4, -0.2) is 43.3 Å². The van der Waals surface area contributed by atoms with Gasteiger partial charge in [-0.1, -0.05) is 0 Å². The third kappa shape index (κ3) is 3.14. The van der Waals surface area contributed by atoms with Crippen LogP contribution in [0.2, 0.25) is 0 Å². The minimum Gasteiger partial charge on any atom is -0.376 e. The van der Waals surface area contributed by atoms with E-state index in [1.54, 1.807) is 6.33 Å². The van der Waals surface area contributed by atoms with Crippen LogP contribution in [0.25, 0.3) is 0 Å². The Morgan fingerprint density at radius 2 is 2.47 bits per heavy atom. The van der Waals surface area contributed by atoms with Crippen molar-refractivity contribution in [1.29, 1.82) is 0 Å². The molecule has 1 atom stereocenters. The highest BCUT2D eigenvalue weighted by molar-refractivity contribution is 5.44. The molecule has 0 aromatic carbocycles. The van der Waals surface area contributed by atoms with Crippen molar-refractivity contribution in [1.82, 2.24) is 15.3 Å². The Morgan fingerprint density at radius 1 is 1.59 bits per heavy atom. The number of rotatable bonds is 5. The first-order valence-corrected chi connectivity index (χ1v) is 6.07. The molecule has 0 amide bonds. The molecule has 5 nitrogen and oxygen atoms in total. The summed E-state index contributed by atoms with van der Waals surface area (Å²) >= 11 is 0. The zero-order valence-electron chi connectivity index (χ0n) is 10.5. The molecule has 0 saturated carbocycles. The van der Waals surface area contributed by atoms with E-state index in [4.69, 9.17) is 4.74 Å². The van der Waals surface area contributed by atoms with E-state index in [1.807, 2.05) is 13.2 Å². The summed E-state index contributed by atoms with van der Waals surface area (Å²) in [6, 6.07) is 0. The van der Waals surface area contributed by atoms with Crippen molar-refractivity contribution in [2.24, 2.45) is 0 Å². The molecule has 0 spiro atoms. The maximum atomic E-state index is 5.64. The van der Waals surface area contributed by atoms with Crippen LogP contribution >= 0.6 is 0 Å². The first-order valence-electron chi connectivity index (χ1n) is 6.07. The molecule has 2 rings (SSSR count). The van der Waals surface area contributed by atoms with E-state index >= 15 is 0 Å². The second kappa shape index (κ2) is 5.93. The Bertz CT molecular complexity index is 352. The molecule has 1 unspecified atom stereocenters. The molecule has 1 aromatic heterocycles. The Kier molecular flexibility index (Phi) is 4.28. The molecule has 0 bridgehead atoms. The van der Waals surface area contributed by atoms with E-state index in [2.05, 4.69) is 27.2 Å². The van der Waals surface area contributed by atoms with Crippen LogP contribution in [0.5, 0.6) is 0 Å². The zero-order chi connectivity index (χ0) is 12.1. The molecular formula is C12H20N4O. The summed E-state index contributed by atoms with van der Waals surface area (Å²) in [4.78, 5) is 10.6. The van der Waals surface area contributed by atoms with Crippen LogP contribution in [-0.2, 0) is 11.3 Å². The fraction of sp³-hybridized carbons (Fsp3) is 0.667. The monoisotopic (exact) mass is 236 g/mol. The third-order valence-electron chi connectivity index (χ3n) is 2.99. The summed E-state index contributed by atoms with van der Waals surface area (Å²) in [5.74, 6) is 0.991. The van der Waals surface area contributed by atoms with Crippen LogP contribution in [0.4, 0.5) is 5.82 Å². The van der Waals surface area contributed by atoms with E-state index in [0.29, 0.717) is 6.10 Å². The molecule has 5 heteroatoms. The van der Waals surface area contributed by atoms with E-state index < -0.39 is 0 Å². The van der Waals surface area contributed by atoms with Crippen molar-refractivity contribution < 1.29 is 4.74 Å². The van der Waals surface area contributed by atoms with Crippen molar-refractivity contribution in [3.8, 4) is 0 Å². The molecular weight excluding hydrogens is 216 g/mol. The van der Waals surface area contributed by atoms with Crippen molar-refractivity contribution >= 4 is 5.82 Å². The van der Waals surface area contributed by atoms with Gasteiger partial charge in [0.25, 0.3) is 0 Å². The molecule has 1 fully saturated rings. The van der Waals surface area contributed by atoms with Crippen molar-refractivity contribution in [2.75, 3.05) is 32.1 Å². The zero-order valence-corrected chi connectivity index (χ0v) is 10.5. The standard InChI is InChI=1S/C12H20N4O/c1-13-6-10-7-14-9-15-12(10)16(2)8-11-4-3-5-17-11/h7,9,11,13H,3-6,8H2,1-2H3. The predicted molar refractivity (Wildman–Crippen MR) is 67.0 cm³/mol. The van der Waals surface area contributed by atoms with E-state index in [-0.39, 0.29) is 0 Å². The molecule has 17 heavy (non-hydrogen) atoms. The number of anilines is 1. The fourth-order valence-electron chi connectivity index (χ4n) is 2.19. The van der Waals surface area contributed by atoms with Gasteiger partial charge in [-0.15, -0.1) is 0 Å². The summed E-state index contributed by atoms with van der Waals surface area (Å²) in [5, 5.41) is 3.13. The van der Waals surface area contributed by atoms with Crippen LogP contribution in [0.1, 0.15) is 18.4 Å². The molecule has 94 valence electrons. The first-order chi connectivity index (χ1) is 8.31. The largest absolute Gasteiger partial charge is 0.376 e. The lowest BCUT2D eigenvalue weighted by Gasteiger charge is -2.23. The van der Waals surface area contributed by atoms with Gasteiger partial charge in [-0.05, 0) is 19.9 Å². The number of nitrogens with one attached hydrogen (secondary N) is 1. The second-order valence-corrected chi connectivity index (χ2v) is 4.42. The maximum Gasteiger partial charge on any atom is 0.136 e. The van der Waals surface area contributed by atoms with Gasteiger partial charge in [-0.3, -0.25) is 0 Å². The average Bonchev–Trinajstić information content (AvgIpc) is 2.83. The number of ether oxygens (including phenoxy) is 1. The first kappa shape index (κ1) is 12.3. The van der Waals surface area contributed by atoms with Gasteiger partial charge < -0.3 is 15.0 Å². The normalized spacial score (nSPS) is 19.5. The fourth-order valence-corrected chi connectivity index (χ4v) is 2.19. The minimum atomic E-state index is 0.345. The maximum absolute atomic E-state index is 5.64. The molecule has 1 aromatic rings. The van der Waals surface area contributed by atoms with Crippen LogP contribution in [0.15, 0.2) is 12.5 Å². The van der Waals surface area contributed by atoms with Gasteiger partial charge in [0.2, 0.25) is 0 Å². The predicted octanol–water partition coefficient (Wildman–Crippen LogP) is 0.811. The van der Waals surface area contributed by atoms with E-state index in [1.165, 1.54) is 6.42 Å². The topological polar surface area (TPSA) is 50.3 Å². The van der Waals surface area contributed by atoms with Gasteiger partial charge in [0.1, 0.15) is 12.1 Å². The van der Waals surface area contributed by atoms with Crippen LogP contribution < -0.4 is 10.2 Å². The van der Waals surface area contributed by atoms with E-state index in [9.17, 15) is 0 Å². The molecule has 0 radical (unpaired) electrons. The molecule has 1 aliphatic heterocycles. The number of nitrogens with zero attached hydrogens (tertiary/aromatic N) is 3. The highest BCUT2D eigenvalue weighted by Crippen LogP contribution is 2.18. The molecule has 0 aliphatic carbocycles. The lowest BCUT2D eigenvalue weighted by atomic mass is 10.2. The summed E-state index contributed by atoms with van der Waals surface area (Å²) < 4.78 is 5.64. The highest BCUT2D eigenvalue weighted by atomic mass is 16.5. The minimum absolute atomic E-state index is 0.345. The number of likely N-dealkylation sites (N-methyl/N-ethyl adjacent to an activating group) is 1. The van der Waals surface area contributed by atoms with Gasteiger partial charge >= 0.3 is 0 Å². The van der Waals surface area contributed by atoms with Crippen molar-refractivity contribution in [3.63, 3.8) is 0 Å². The summed E-state index contributed by atoms with van der Waals surface area (Å²) in [5.41, 5.74) is 1.12. The second-order valence-electron chi connectivity index (χ2n) is 4.42. The Labute approximate surface area is 102 Å². The van der Waals surface area contributed by atoms with Crippen LogP contribution in [0.3, 0.4) is 0 Å². The van der Waals surface area contributed by atoms with Gasteiger partial charge in [0.05, 0.1) is 6.10 Å². The van der Waals surface area contributed by atoms with Crippen molar-refractivity contribution in [3.05, 3.63) is 18.1 Å². The van der Waals surface area contributed by atoms with Gasteiger partial charge in [-0.2, -0.15) is 0 Å². The molecule has 1 aliphatic rings. The Balaban J connectivity index is 2.03. The van der Waals surface area contributed by atoms with Crippen LogP contribution in [0, 0.1) is 0 Å². The highest BCUT2D eigenvalue weighted by Gasteiger charge is 2.19. The van der Waals surface area contributed by atoms with Gasteiger partial charge in [0.15, 0.2) is 0 Å². The van der Waals surface area contributed by atoms with Gasteiger partial charge in [-0.25, -0.2) is 9.97 Å².